The lowest BCUT2D eigenvalue weighted by atomic mass is 10.5. The monoisotopic (exact) mass is 222 g/mol. The van der Waals surface area contributed by atoms with Crippen molar-refractivity contribution in [2.45, 2.75) is 12.5 Å². The van der Waals surface area contributed by atoms with E-state index in [1.165, 1.54) is 26.4 Å². The summed E-state index contributed by atoms with van der Waals surface area (Å²) in [6.07, 6.45) is 0.924. The van der Waals surface area contributed by atoms with E-state index >= 15 is 0 Å². The minimum absolute atomic E-state index is 0.465. The Hall–Kier alpha value is -0.633. The second-order valence-electron chi connectivity index (χ2n) is 2.54. The van der Waals surface area contributed by atoms with Crippen LogP contribution in [-0.4, -0.2) is 54.4 Å². The molecule has 0 radical (unpaired) electrons. The summed E-state index contributed by atoms with van der Waals surface area (Å²) in [5, 5.41) is 1.96. The van der Waals surface area contributed by atoms with Gasteiger partial charge in [-0.2, -0.15) is 5.06 Å². The maximum atomic E-state index is 11.5. The fourth-order valence-electron chi connectivity index (χ4n) is 0.889. The van der Waals surface area contributed by atoms with Gasteiger partial charge in [0, 0.05) is 10.2 Å². The number of hydroxylamine groups is 4. The summed E-state index contributed by atoms with van der Waals surface area (Å²) in [6.45, 7) is 0.544. The van der Waals surface area contributed by atoms with Crippen LogP contribution in [0.5, 0.6) is 0 Å². The zero-order valence-electron chi connectivity index (χ0n) is 9.15. The summed E-state index contributed by atoms with van der Waals surface area (Å²) in [4.78, 5) is 25.8. The van der Waals surface area contributed by atoms with Gasteiger partial charge in [-0.3, -0.25) is 4.84 Å². The number of rotatable bonds is 6. The second kappa shape index (κ2) is 7.74. The highest BCUT2D eigenvalue weighted by Crippen LogP contribution is 2.02. The van der Waals surface area contributed by atoms with Crippen molar-refractivity contribution in [3.63, 3.8) is 0 Å². The molecule has 0 aliphatic carbocycles. The standard InChI is InChI=1S/C7H18N2O4Si/c1-11-8(5-4-6-14)7(10)9(12-2)13-3/h4-6H2,1-3,14H3. The van der Waals surface area contributed by atoms with Gasteiger partial charge in [-0.1, -0.05) is 11.3 Å². The Morgan fingerprint density at radius 1 is 1.21 bits per heavy atom. The van der Waals surface area contributed by atoms with Crippen molar-refractivity contribution >= 4 is 16.3 Å². The molecule has 0 aromatic rings. The first-order valence-electron chi connectivity index (χ1n) is 4.45. The number of amides is 2. The summed E-state index contributed by atoms with van der Waals surface area (Å²) < 4.78 is 0. The molecule has 84 valence electrons. The van der Waals surface area contributed by atoms with E-state index in [0.29, 0.717) is 6.54 Å². The van der Waals surface area contributed by atoms with Crippen LogP contribution in [-0.2, 0) is 14.5 Å². The smallest absolute Gasteiger partial charge is 0.273 e. The van der Waals surface area contributed by atoms with Crippen molar-refractivity contribution in [1.82, 2.24) is 10.3 Å². The first kappa shape index (κ1) is 13.4. The molecular formula is C7H18N2O4Si. The Balaban J connectivity index is 4.13. The number of carbonyl (C=O) groups excluding carboxylic acids is 1. The third-order valence-corrected chi connectivity index (χ3v) is 2.34. The van der Waals surface area contributed by atoms with Gasteiger partial charge >= 0.3 is 6.03 Å². The van der Waals surface area contributed by atoms with Crippen molar-refractivity contribution in [3.05, 3.63) is 0 Å². The Bertz CT molecular complexity index is 166. The lowest BCUT2D eigenvalue weighted by Crippen LogP contribution is -2.42. The molecule has 0 atom stereocenters. The maximum absolute atomic E-state index is 11.5. The van der Waals surface area contributed by atoms with Crippen molar-refractivity contribution in [1.29, 1.82) is 0 Å². The van der Waals surface area contributed by atoms with E-state index in [1.807, 2.05) is 0 Å². The molecule has 0 bridgehead atoms. The highest BCUT2D eigenvalue weighted by atomic mass is 28.1. The first-order chi connectivity index (χ1) is 6.71. The molecule has 0 heterocycles. The van der Waals surface area contributed by atoms with Gasteiger partial charge in [0.2, 0.25) is 0 Å². The number of hydrogen-bond acceptors (Lipinski definition) is 4. The van der Waals surface area contributed by atoms with E-state index in [0.717, 1.165) is 27.9 Å². The van der Waals surface area contributed by atoms with E-state index in [4.69, 9.17) is 4.84 Å². The molecule has 0 aromatic carbocycles. The number of nitrogens with zero attached hydrogens (tertiary/aromatic N) is 2. The number of hydrogen-bond donors (Lipinski definition) is 0. The molecule has 14 heavy (non-hydrogen) atoms. The van der Waals surface area contributed by atoms with Crippen molar-refractivity contribution in [2.24, 2.45) is 0 Å². The van der Waals surface area contributed by atoms with Crippen LogP contribution in [0, 0.1) is 0 Å². The molecule has 0 aromatic heterocycles. The molecule has 0 fully saturated rings. The predicted molar refractivity (Wildman–Crippen MR) is 54.3 cm³/mol. The highest BCUT2D eigenvalue weighted by Gasteiger charge is 2.20. The molecule has 7 heteroatoms. The summed E-state index contributed by atoms with van der Waals surface area (Å²) in [5.74, 6) is 0. The van der Waals surface area contributed by atoms with E-state index in [-0.39, 0.29) is 0 Å². The summed E-state index contributed by atoms with van der Waals surface area (Å²) in [7, 11) is 5.26. The van der Waals surface area contributed by atoms with Gasteiger partial charge < -0.3 is 0 Å². The molecule has 0 saturated carbocycles. The molecule has 0 rings (SSSR count). The Kier molecular flexibility index (Phi) is 7.39. The Labute approximate surface area is 87.0 Å². The average Bonchev–Trinajstić information content (AvgIpc) is 2.21. The van der Waals surface area contributed by atoms with Gasteiger partial charge in [-0.05, 0) is 6.42 Å². The molecule has 0 aliphatic heterocycles. The maximum Gasteiger partial charge on any atom is 0.393 e. The van der Waals surface area contributed by atoms with Gasteiger partial charge in [0.05, 0.1) is 27.9 Å². The van der Waals surface area contributed by atoms with Crippen LogP contribution < -0.4 is 0 Å². The van der Waals surface area contributed by atoms with Crippen LogP contribution in [0.15, 0.2) is 0 Å². The quantitative estimate of drug-likeness (QED) is 0.452. The van der Waals surface area contributed by atoms with Gasteiger partial charge in [0.15, 0.2) is 0 Å². The molecular weight excluding hydrogens is 204 g/mol. The largest absolute Gasteiger partial charge is 0.393 e. The van der Waals surface area contributed by atoms with Crippen LogP contribution in [0.2, 0.25) is 6.04 Å². The highest BCUT2D eigenvalue weighted by molar-refractivity contribution is 6.08. The second-order valence-corrected chi connectivity index (χ2v) is 3.54. The van der Waals surface area contributed by atoms with E-state index in [9.17, 15) is 4.79 Å². The Morgan fingerprint density at radius 2 is 1.79 bits per heavy atom. The van der Waals surface area contributed by atoms with Crippen LogP contribution in [0.3, 0.4) is 0 Å². The van der Waals surface area contributed by atoms with Gasteiger partial charge in [-0.25, -0.2) is 14.5 Å². The molecule has 0 spiro atoms. The molecule has 0 unspecified atom stereocenters. The zero-order chi connectivity index (χ0) is 11.0. The zero-order valence-corrected chi connectivity index (χ0v) is 11.1. The molecule has 0 aliphatic rings. The SMILES string of the molecule is CON(CCC[SiH3])C(=O)N(OC)OC. The molecule has 0 N–H and O–H groups in total. The minimum atomic E-state index is -0.465. The number of urea groups is 1. The normalized spacial score (nSPS) is 10.2. The van der Waals surface area contributed by atoms with Gasteiger partial charge in [-0.15, -0.1) is 0 Å². The lowest BCUT2D eigenvalue weighted by Gasteiger charge is -2.24. The number of carbonyl (C=O) groups is 1. The third kappa shape index (κ3) is 4.05. The first-order valence-corrected chi connectivity index (χ1v) is 5.86. The lowest BCUT2D eigenvalue weighted by molar-refractivity contribution is -0.314. The van der Waals surface area contributed by atoms with E-state index < -0.39 is 6.03 Å². The molecule has 0 saturated heterocycles. The van der Waals surface area contributed by atoms with Crippen LogP contribution >= 0.6 is 0 Å². The van der Waals surface area contributed by atoms with Crippen LogP contribution in [0.1, 0.15) is 6.42 Å². The van der Waals surface area contributed by atoms with Gasteiger partial charge in [0.1, 0.15) is 0 Å². The molecule has 6 nitrogen and oxygen atoms in total. The molecule has 2 amide bonds. The van der Waals surface area contributed by atoms with Crippen molar-refractivity contribution in [2.75, 3.05) is 27.9 Å². The van der Waals surface area contributed by atoms with E-state index in [1.54, 1.807) is 0 Å². The fraction of sp³-hybridized carbons (Fsp3) is 0.857. The third-order valence-electron chi connectivity index (χ3n) is 1.64. The van der Waals surface area contributed by atoms with Crippen LogP contribution in [0.25, 0.3) is 0 Å². The van der Waals surface area contributed by atoms with E-state index in [2.05, 4.69) is 9.68 Å². The average molecular weight is 222 g/mol. The van der Waals surface area contributed by atoms with Crippen LogP contribution in [0.4, 0.5) is 4.79 Å². The van der Waals surface area contributed by atoms with Gasteiger partial charge in [0.25, 0.3) is 0 Å². The summed E-state index contributed by atoms with van der Waals surface area (Å²) in [6, 6.07) is 0.653. The Morgan fingerprint density at radius 3 is 2.14 bits per heavy atom. The predicted octanol–water partition coefficient (Wildman–Crippen LogP) is -0.432. The fourth-order valence-corrected chi connectivity index (χ4v) is 1.20. The van der Waals surface area contributed by atoms with Crippen molar-refractivity contribution in [3.8, 4) is 0 Å². The summed E-state index contributed by atoms with van der Waals surface area (Å²) in [5.41, 5.74) is 0. The minimum Gasteiger partial charge on any atom is -0.273 e. The van der Waals surface area contributed by atoms with Crippen molar-refractivity contribution < 1.29 is 19.3 Å². The topological polar surface area (TPSA) is 51.2 Å². The summed E-state index contributed by atoms with van der Waals surface area (Å²) >= 11 is 0.